The van der Waals surface area contributed by atoms with Gasteiger partial charge in [0, 0.05) is 6.54 Å². The normalized spacial score (nSPS) is 12.1. The van der Waals surface area contributed by atoms with Gasteiger partial charge in [-0.2, -0.15) is 0 Å². The van der Waals surface area contributed by atoms with Crippen molar-refractivity contribution in [2.24, 2.45) is 0 Å². The highest BCUT2D eigenvalue weighted by molar-refractivity contribution is 8.04. The van der Waals surface area contributed by atoms with E-state index in [1.54, 1.807) is 0 Å². The smallest absolute Gasteiger partial charge is 0.258 e. The lowest BCUT2D eigenvalue weighted by molar-refractivity contribution is -0.116. The Kier molecular flexibility index (Phi) is 9.91. The lowest BCUT2D eigenvalue weighted by Gasteiger charge is -2.17. The van der Waals surface area contributed by atoms with Crippen LogP contribution in [-0.4, -0.2) is 46.9 Å². The van der Waals surface area contributed by atoms with Gasteiger partial charge in [0.1, 0.15) is 5.65 Å². The summed E-state index contributed by atoms with van der Waals surface area (Å²) in [6.07, 6.45) is 6.93. The predicted molar refractivity (Wildman–Crippen MR) is 133 cm³/mol. The molecule has 0 fully saturated rings. The summed E-state index contributed by atoms with van der Waals surface area (Å²) in [6.45, 7) is 2.73. The minimum absolute atomic E-state index is 0. The molecule has 0 saturated heterocycles. The van der Waals surface area contributed by atoms with Crippen molar-refractivity contribution in [3.05, 3.63) is 70.9 Å². The van der Waals surface area contributed by atoms with E-state index >= 15 is 0 Å². The number of hydrogen-bond acceptors (Lipinski definition) is 4. The zero-order valence-corrected chi connectivity index (χ0v) is 19.9. The molecule has 1 aromatic carbocycles. The highest BCUT2D eigenvalue weighted by atomic mass is 35.5. The van der Waals surface area contributed by atoms with Crippen LogP contribution >= 0.6 is 36.6 Å². The van der Waals surface area contributed by atoms with E-state index in [0.29, 0.717) is 6.54 Å². The van der Waals surface area contributed by atoms with Gasteiger partial charge in [0.15, 0.2) is 0 Å². The van der Waals surface area contributed by atoms with E-state index in [9.17, 15) is 4.79 Å². The second-order valence-electron chi connectivity index (χ2n) is 7.35. The number of thioether (sulfide) groups is 1. The number of amides is 1. The van der Waals surface area contributed by atoms with Gasteiger partial charge in [-0.1, -0.05) is 48.2 Å². The molecule has 1 aliphatic rings. The number of hydrogen-bond donors (Lipinski definition) is 1. The van der Waals surface area contributed by atoms with Crippen LogP contribution in [-0.2, 0) is 11.2 Å². The molecule has 0 spiro atoms. The predicted octanol–water partition coefficient (Wildman–Crippen LogP) is 4.70. The molecule has 2 aromatic heterocycles. The molecular formula is C23H28Cl2N4OS. The molecule has 4 rings (SSSR count). The van der Waals surface area contributed by atoms with Crippen LogP contribution in [0.5, 0.6) is 0 Å². The molecule has 1 amide bonds. The van der Waals surface area contributed by atoms with E-state index in [2.05, 4.69) is 57.0 Å². The van der Waals surface area contributed by atoms with Crippen molar-refractivity contribution >= 4 is 54.2 Å². The van der Waals surface area contributed by atoms with Crippen molar-refractivity contribution in [1.82, 2.24) is 19.6 Å². The number of halogens is 2. The minimum Gasteiger partial charge on any atom is -0.352 e. The molecule has 0 atom stereocenters. The number of imidazole rings is 1. The Bertz CT molecular complexity index is 1020. The van der Waals surface area contributed by atoms with Crippen LogP contribution in [0.25, 0.3) is 11.7 Å². The molecule has 5 nitrogen and oxygen atoms in total. The SMILES string of the molecule is CN(CCCNC(=O)C1=Cc2cnc3cccc(n23)S1)CCCc1ccccc1.Cl.Cl. The Hall–Kier alpha value is -1.99. The van der Waals surface area contributed by atoms with Crippen LogP contribution in [0, 0.1) is 0 Å². The zero-order chi connectivity index (χ0) is 20.1. The van der Waals surface area contributed by atoms with Crippen molar-refractivity contribution in [2.75, 3.05) is 26.7 Å². The fourth-order valence-corrected chi connectivity index (χ4v) is 4.55. The van der Waals surface area contributed by atoms with Crippen LogP contribution in [0.1, 0.15) is 24.1 Å². The number of carbonyl (C=O) groups excluding carboxylic acids is 1. The van der Waals surface area contributed by atoms with E-state index in [4.69, 9.17) is 0 Å². The maximum absolute atomic E-state index is 12.6. The first-order valence-electron chi connectivity index (χ1n) is 10.1. The quantitative estimate of drug-likeness (QED) is 0.453. The first kappa shape index (κ1) is 25.3. The largest absolute Gasteiger partial charge is 0.352 e. The summed E-state index contributed by atoms with van der Waals surface area (Å²) in [5, 5.41) is 4.09. The molecule has 0 radical (unpaired) electrons. The molecule has 1 aliphatic heterocycles. The molecule has 166 valence electrons. The number of nitrogens with one attached hydrogen (secondary N) is 1. The fraction of sp³-hybridized carbons (Fsp3) is 0.304. The fourth-order valence-electron chi connectivity index (χ4n) is 3.55. The maximum Gasteiger partial charge on any atom is 0.258 e. The second kappa shape index (κ2) is 12.2. The molecule has 31 heavy (non-hydrogen) atoms. The molecule has 1 N–H and O–H groups in total. The topological polar surface area (TPSA) is 49.6 Å². The van der Waals surface area contributed by atoms with Crippen molar-refractivity contribution < 1.29 is 4.79 Å². The molecule has 0 bridgehead atoms. The first-order chi connectivity index (χ1) is 14.2. The minimum atomic E-state index is -0.00816. The third-order valence-electron chi connectivity index (χ3n) is 5.09. The number of aromatic nitrogens is 2. The van der Waals surface area contributed by atoms with Crippen molar-refractivity contribution in [2.45, 2.75) is 24.3 Å². The maximum atomic E-state index is 12.6. The Balaban J connectivity index is 0.00000171. The average Bonchev–Trinajstić information content (AvgIpc) is 3.16. The van der Waals surface area contributed by atoms with E-state index in [0.717, 1.165) is 53.6 Å². The molecular weight excluding hydrogens is 451 g/mol. The summed E-state index contributed by atoms with van der Waals surface area (Å²) >= 11 is 1.50. The average molecular weight is 479 g/mol. The van der Waals surface area contributed by atoms with E-state index in [1.807, 2.05) is 30.5 Å². The van der Waals surface area contributed by atoms with Crippen LogP contribution < -0.4 is 5.32 Å². The van der Waals surface area contributed by atoms with Gasteiger partial charge in [0.2, 0.25) is 0 Å². The summed E-state index contributed by atoms with van der Waals surface area (Å²) < 4.78 is 2.08. The van der Waals surface area contributed by atoms with Crippen molar-refractivity contribution in [1.29, 1.82) is 0 Å². The van der Waals surface area contributed by atoms with Crippen molar-refractivity contribution in [3.63, 3.8) is 0 Å². The van der Waals surface area contributed by atoms with Gasteiger partial charge in [0.05, 0.1) is 21.8 Å². The van der Waals surface area contributed by atoms with Gasteiger partial charge in [-0.15, -0.1) is 24.8 Å². The van der Waals surface area contributed by atoms with Gasteiger partial charge in [-0.3, -0.25) is 9.20 Å². The van der Waals surface area contributed by atoms with E-state index in [-0.39, 0.29) is 30.7 Å². The lowest BCUT2D eigenvalue weighted by atomic mass is 10.1. The summed E-state index contributed by atoms with van der Waals surface area (Å²) in [4.78, 5) is 20.0. The Morgan fingerprint density at radius 3 is 2.65 bits per heavy atom. The zero-order valence-electron chi connectivity index (χ0n) is 17.5. The van der Waals surface area contributed by atoms with Crippen molar-refractivity contribution in [3.8, 4) is 0 Å². The lowest BCUT2D eigenvalue weighted by Crippen LogP contribution is -2.29. The number of rotatable bonds is 9. The number of aryl methyl sites for hydroxylation is 1. The Morgan fingerprint density at radius 2 is 1.84 bits per heavy atom. The Labute approximate surface area is 200 Å². The third-order valence-corrected chi connectivity index (χ3v) is 6.14. The summed E-state index contributed by atoms with van der Waals surface area (Å²) in [7, 11) is 2.15. The molecule has 0 unspecified atom stereocenters. The summed E-state index contributed by atoms with van der Waals surface area (Å²) in [6, 6.07) is 16.6. The number of nitrogens with zero attached hydrogens (tertiary/aromatic N) is 3. The van der Waals surface area contributed by atoms with E-state index < -0.39 is 0 Å². The summed E-state index contributed by atoms with van der Waals surface area (Å²) in [5.74, 6) is -0.00816. The third kappa shape index (κ3) is 6.50. The van der Waals surface area contributed by atoms with Gasteiger partial charge < -0.3 is 10.2 Å². The van der Waals surface area contributed by atoms with Crippen LogP contribution in [0.2, 0.25) is 0 Å². The number of pyridine rings is 1. The van der Waals surface area contributed by atoms with Crippen LogP contribution in [0.15, 0.2) is 64.7 Å². The standard InChI is InChI=1S/C23H26N4OS.2ClH/c1-26(14-6-10-18-8-3-2-4-9-18)15-7-13-24-23(28)20-16-19-17-25-21-11-5-12-22(29-20)27(19)21;;/h2-5,8-9,11-12,16-17H,6-7,10,13-15H2,1H3,(H,24,28);2*1H. The van der Waals surface area contributed by atoms with Gasteiger partial charge in [-0.25, -0.2) is 4.98 Å². The van der Waals surface area contributed by atoms with Crippen LogP contribution in [0.3, 0.4) is 0 Å². The molecule has 3 heterocycles. The monoisotopic (exact) mass is 478 g/mol. The van der Waals surface area contributed by atoms with Gasteiger partial charge in [-0.05, 0) is 63.2 Å². The molecule has 0 saturated carbocycles. The van der Waals surface area contributed by atoms with Crippen LogP contribution in [0.4, 0.5) is 0 Å². The number of carbonyl (C=O) groups is 1. The molecule has 0 aliphatic carbocycles. The highest BCUT2D eigenvalue weighted by Gasteiger charge is 2.19. The van der Waals surface area contributed by atoms with Gasteiger partial charge in [0.25, 0.3) is 5.91 Å². The van der Waals surface area contributed by atoms with E-state index in [1.165, 1.54) is 17.3 Å². The van der Waals surface area contributed by atoms with Gasteiger partial charge >= 0.3 is 0 Å². The molecule has 8 heteroatoms. The molecule has 3 aromatic rings. The second-order valence-corrected chi connectivity index (χ2v) is 8.42. The highest BCUT2D eigenvalue weighted by Crippen LogP contribution is 2.34. The number of benzene rings is 1. The Morgan fingerprint density at radius 1 is 1.06 bits per heavy atom. The first-order valence-corrected chi connectivity index (χ1v) is 10.9. The summed E-state index contributed by atoms with van der Waals surface area (Å²) in [5.41, 5.74) is 3.26.